The van der Waals surface area contributed by atoms with Gasteiger partial charge >= 0.3 is 0 Å². The smallest absolute Gasteiger partial charge is 0.277 e. The maximum absolute atomic E-state index is 11.7. The van der Waals surface area contributed by atoms with Crippen molar-refractivity contribution in [2.75, 3.05) is 13.2 Å². The first-order chi connectivity index (χ1) is 12.1. The van der Waals surface area contributed by atoms with E-state index in [9.17, 15) is 4.79 Å². The Hall–Kier alpha value is -2.24. The normalized spacial score (nSPS) is 10.7. The summed E-state index contributed by atoms with van der Waals surface area (Å²) in [5.41, 5.74) is 3.22. The molecule has 0 radical (unpaired) electrons. The fraction of sp³-hybridized carbons (Fsp3) is 0.222. The second-order valence-electron chi connectivity index (χ2n) is 5.07. The number of ether oxygens (including phenoxy) is 2. The molecule has 0 aromatic heterocycles. The van der Waals surface area contributed by atoms with Crippen molar-refractivity contribution >= 4 is 35.3 Å². The summed E-state index contributed by atoms with van der Waals surface area (Å²) >= 11 is 11.8. The predicted molar refractivity (Wildman–Crippen MR) is 99.9 cm³/mol. The number of nitrogens with one attached hydrogen (secondary N) is 1. The first-order valence-electron chi connectivity index (χ1n) is 7.71. The minimum atomic E-state index is -0.398. The van der Waals surface area contributed by atoms with Crippen LogP contribution in [0.2, 0.25) is 10.0 Å². The van der Waals surface area contributed by atoms with Gasteiger partial charge in [0, 0.05) is 5.02 Å². The number of carbonyl (C=O) groups excluding carboxylic acids is 1. The Bertz CT molecular complexity index is 734. The average Bonchev–Trinajstić information content (AvgIpc) is 2.60. The average molecular weight is 381 g/mol. The van der Waals surface area contributed by atoms with E-state index in [1.54, 1.807) is 18.2 Å². The zero-order valence-electron chi connectivity index (χ0n) is 13.7. The molecule has 2 rings (SSSR count). The molecule has 5 nitrogen and oxygen atoms in total. The Balaban J connectivity index is 1.78. The molecule has 0 heterocycles. The van der Waals surface area contributed by atoms with Crippen LogP contribution in [0.15, 0.2) is 47.6 Å². The van der Waals surface area contributed by atoms with Crippen LogP contribution >= 0.6 is 23.2 Å². The molecule has 0 spiro atoms. The number of halogens is 2. The lowest BCUT2D eigenvalue weighted by atomic mass is 10.2. The van der Waals surface area contributed by atoms with Crippen LogP contribution in [-0.4, -0.2) is 25.3 Å². The zero-order valence-corrected chi connectivity index (χ0v) is 15.2. The van der Waals surface area contributed by atoms with E-state index < -0.39 is 5.91 Å². The third-order valence-corrected chi connectivity index (χ3v) is 3.54. The molecular weight excluding hydrogens is 363 g/mol. The number of carbonyl (C=O) groups is 1. The zero-order chi connectivity index (χ0) is 18.1. The van der Waals surface area contributed by atoms with Gasteiger partial charge in [-0.05, 0) is 54.4 Å². The van der Waals surface area contributed by atoms with Gasteiger partial charge in [-0.1, -0.05) is 30.1 Å². The van der Waals surface area contributed by atoms with Crippen LogP contribution < -0.4 is 14.9 Å². The van der Waals surface area contributed by atoms with Crippen LogP contribution in [0.3, 0.4) is 0 Å². The second kappa shape index (κ2) is 9.91. The fourth-order valence-electron chi connectivity index (χ4n) is 1.82. The summed E-state index contributed by atoms with van der Waals surface area (Å²) in [4.78, 5) is 11.7. The Kier molecular flexibility index (Phi) is 7.57. The molecule has 0 saturated carbocycles. The van der Waals surface area contributed by atoms with Crippen LogP contribution in [0.25, 0.3) is 0 Å². The first kappa shape index (κ1) is 19.1. The van der Waals surface area contributed by atoms with Crippen molar-refractivity contribution < 1.29 is 14.3 Å². The molecule has 0 aliphatic heterocycles. The third-order valence-electron chi connectivity index (χ3n) is 3.01. The van der Waals surface area contributed by atoms with E-state index in [1.165, 1.54) is 6.21 Å². The Labute approximate surface area is 156 Å². The molecule has 0 fully saturated rings. The topological polar surface area (TPSA) is 59.9 Å². The van der Waals surface area contributed by atoms with Crippen LogP contribution in [0.5, 0.6) is 11.5 Å². The number of hydrogen-bond donors (Lipinski definition) is 1. The predicted octanol–water partition coefficient (Wildman–Crippen LogP) is 4.31. The molecule has 132 valence electrons. The number of hydrogen-bond acceptors (Lipinski definition) is 4. The van der Waals surface area contributed by atoms with Gasteiger partial charge in [0.05, 0.1) is 17.8 Å². The molecule has 2 aromatic rings. The molecule has 0 saturated heterocycles. The monoisotopic (exact) mass is 380 g/mol. The largest absolute Gasteiger partial charge is 0.494 e. The standard InChI is InChI=1S/C18H18Cl2N2O3/c1-2-9-24-15-6-3-13(4-7-15)11-21-22-18(23)12-25-17-8-5-14(19)10-16(17)20/h3-8,10-11H,2,9,12H2,1H3,(H,22,23). The maximum Gasteiger partial charge on any atom is 0.277 e. The van der Waals surface area contributed by atoms with Gasteiger partial charge in [0.2, 0.25) is 0 Å². The summed E-state index contributed by atoms with van der Waals surface area (Å²) in [5.74, 6) is 0.786. The van der Waals surface area contributed by atoms with Gasteiger partial charge in [-0.2, -0.15) is 5.10 Å². The minimum absolute atomic E-state index is 0.206. The molecule has 7 heteroatoms. The van der Waals surface area contributed by atoms with E-state index in [4.69, 9.17) is 32.7 Å². The van der Waals surface area contributed by atoms with Crippen molar-refractivity contribution in [3.8, 4) is 11.5 Å². The number of rotatable bonds is 8. The van der Waals surface area contributed by atoms with Gasteiger partial charge in [-0.3, -0.25) is 4.79 Å². The molecule has 0 aliphatic carbocycles. The summed E-state index contributed by atoms with van der Waals surface area (Å²) in [6, 6.07) is 12.2. The summed E-state index contributed by atoms with van der Waals surface area (Å²) in [6.45, 7) is 2.53. The Morgan fingerprint density at radius 2 is 1.92 bits per heavy atom. The van der Waals surface area contributed by atoms with Crippen molar-refractivity contribution in [3.05, 3.63) is 58.1 Å². The fourth-order valence-corrected chi connectivity index (χ4v) is 2.28. The molecule has 1 amide bonds. The highest BCUT2D eigenvalue weighted by atomic mass is 35.5. The summed E-state index contributed by atoms with van der Waals surface area (Å²) in [5, 5.41) is 4.72. The molecule has 25 heavy (non-hydrogen) atoms. The summed E-state index contributed by atoms with van der Waals surface area (Å²) in [6.07, 6.45) is 2.50. The Morgan fingerprint density at radius 1 is 1.16 bits per heavy atom. The van der Waals surface area contributed by atoms with Crippen LogP contribution in [-0.2, 0) is 4.79 Å². The van der Waals surface area contributed by atoms with Gasteiger partial charge in [0.25, 0.3) is 5.91 Å². The SMILES string of the molecule is CCCOc1ccc(C=NNC(=O)COc2ccc(Cl)cc2Cl)cc1. The van der Waals surface area contributed by atoms with Gasteiger partial charge in [-0.25, -0.2) is 5.43 Å². The van der Waals surface area contributed by atoms with Crippen LogP contribution in [0.1, 0.15) is 18.9 Å². The van der Waals surface area contributed by atoms with Gasteiger partial charge in [0.1, 0.15) is 11.5 Å². The van der Waals surface area contributed by atoms with E-state index in [-0.39, 0.29) is 6.61 Å². The van der Waals surface area contributed by atoms with Crippen molar-refractivity contribution in [1.82, 2.24) is 5.43 Å². The Morgan fingerprint density at radius 3 is 2.60 bits per heavy atom. The lowest BCUT2D eigenvalue weighted by molar-refractivity contribution is -0.123. The quantitative estimate of drug-likeness (QED) is 0.548. The summed E-state index contributed by atoms with van der Waals surface area (Å²) in [7, 11) is 0. The second-order valence-corrected chi connectivity index (χ2v) is 5.92. The van der Waals surface area contributed by atoms with Gasteiger partial charge in [-0.15, -0.1) is 0 Å². The van der Waals surface area contributed by atoms with Crippen molar-refractivity contribution in [1.29, 1.82) is 0 Å². The highest BCUT2D eigenvalue weighted by molar-refractivity contribution is 6.35. The number of amides is 1. The summed E-state index contributed by atoms with van der Waals surface area (Å²) < 4.78 is 10.8. The van der Waals surface area contributed by atoms with E-state index in [2.05, 4.69) is 10.5 Å². The van der Waals surface area contributed by atoms with Crippen molar-refractivity contribution in [3.63, 3.8) is 0 Å². The molecule has 0 bridgehead atoms. The lowest BCUT2D eigenvalue weighted by Crippen LogP contribution is -2.24. The third kappa shape index (κ3) is 6.64. The molecule has 1 N–H and O–H groups in total. The van der Waals surface area contributed by atoms with Crippen LogP contribution in [0.4, 0.5) is 0 Å². The molecule has 0 aliphatic rings. The molecule has 0 unspecified atom stereocenters. The number of benzene rings is 2. The van der Waals surface area contributed by atoms with Crippen LogP contribution in [0, 0.1) is 0 Å². The molecule has 2 aromatic carbocycles. The number of nitrogens with zero attached hydrogens (tertiary/aromatic N) is 1. The maximum atomic E-state index is 11.7. The van der Waals surface area contributed by atoms with Crippen molar-refractivity contribution in [2.24, 2.45) is 5.10 Å². The van der Waals surface area contributed by atoms with Crippen molar-refractivity contribution in [2.45, 2.75) is 13.3 Å². The number of hydrazone groups is 1. The van der Waals surface area contributed by atoms with Gasteiger partial charge in [0.15, 0.2) is 6.61 Å². The highest BCUT2D eigenvalue weighted by Gasteiger charge is 2.05. The lowest BCUT2D eigenvalue weighted by Gasteiger charge is -2.07. The van der Waals surface area contributed by atoms with E-state index in [0.29, 0.717) is 22.4 Å². The van der Waals surface area contributed by atoms with E-state index in [0.717, 1.165) is 17.7 Å². The minimum Gasteiger partial charge on any atom is -0.494 e. The molecule has 0 atom stereocenters. The van der Waals surface area contributed by atoms with E-state index >= 15 is 0 Å². The first-order valence-corrected chi connectivity index (χ1v) is 8.46. The van der Waals surface area contributed by atoms with E-state index in [1.807, 2.05) is 31.2 Å². The van der Waals surface area contributed by atoms with Gasteiger partial charge < -0.3 is 9.47 Å². The highest BCUT2D eigenvalue weighted by Crippen LogP contribution is 2.27. The molecular formula is C18H18Cl2N2O3.